The Morgan fingerprint density at radius 2 is 0.778 bits per heavy atom. The number of unbranched alkanes of at least 4 members (excludes halogenated alkanes) is 28. The second-order valence-corrected chi connectivity index (χ2v) is 22.5. The molecule has 0 radical (unpaired) electrons. The zero-order chi connectivity index (χ0) is 58.6. The van der Waals surface area contributed by atoms with Gasteiger partial charge in [0.2, 0.25) is 5.91 Å². The predicted octanol–water partition coefficient (Wildman–Crippen LogP) is 17.9. The summed E-state index contributed by atoms with van der Waals surface area (Å²) >= 11 is 0. The first-order valence-corrected chi connectivity index (χ1v) is 33.3. The van der Waals surface area contributed by atoms with Gasteiger partial charge in [-0.2, -0.15) is 0 Å². The quantitative estimate of drug-likeness (QED) is 0.0261. The molecule has 81 heavy (non-hydrogen) atoms. The minimum atomic E-state index is -1.58. The van der Waals surface area contributed by atoms with E-state index in [9.17, 15) is 30.3 Å². The van der Waals surface area contributed by atoms with E-state index in [2.05, 4.69) is 129 Å². The molecule has 1 saturated heterocycles. The van der Waals surface area contributed by atoms with E-state index in [4.69, 9.17) is 9.47 Å². The Morgan fingerprint density at radius 3 is 1.19 bits per heavy atom. The fourth-order valence-electron chi connectivity index (χ4n) is 9.82. The van der Waals surface area contributed by atoms with Gasteiger partial charge < -0.3 is 40.3 Å². The average molecular weight is 1130 g/mol. The number of amides is 1. The fraction of sp³-hybridized carbons (Fsp3) is 0.708. The van der Waals surface area contributed by atoms with Gasteiger partial charge in [-0.1, -0.05) is 283 Å². The molecule has 1 rings (SSSR count). The van der Waals surface area contributed by atoms with Gasteiger partial charge in [-0.3, -0.25) is 4.79 Å². The summed E-state index contributed by atoms with van der Waals surface area (Å²) in [5.41, 5.74) is 0. The van der Waals surface area contributed by atoms with E-state index in [1.807, 2.05) is 6.08 Å². The standard InChI is InChI=1S/C72H123NO8/c1-3-5-7-9-11-13-15-17-19-21-23-25-27-28-29-30-31-32-33-34-35-36-37-38-40-42-44-46-48-50-52-54-56-58-60-62-68(76)73-65(64-80-72-71(79)70(78)69(77)67(63-74)81-72)66(75)61-59-57-55-53-51-49-47-45-43-41-39-26-24-22-20-18-16-14-12-10-8-6-4-2/h5,7,11,13,17,19,23,25,28-29,31-32,34-35,43,45,51,53,59,61,65-67,69-72,74-75,77-79H,3-4,6,8-10,12,14-16,18,20-22,24,26-27,30,33,36-42,44,46-50,52,54-58,60,62-64H2,1-2H3,(H,73,76)/b7-5-,13-11-,19-17-,25-23-,29-28-,32-31-,35-34-,45-43+,53-51+,61-59+. The summed E-state index contributed by atoms with van der Waals surface area (Å²) in [5.74, 6) is -0.195. The molecule has 0 aromatic carbocycles. The Labute approximate surface area is 497 Å². The Morgan fingerprint density at radius 1 is 0.432 bits per heavy atom. The number of nitrogens with one attached hydrogen (secondary N) is 1. The molecule has 1 aliphatic rings. The van der Waals surface area contributed by atoms with Crippen molar-refractivity contribution >= 4 is 5.91 Å². The largest absolute Gasteiger partial charge is 0.394 e. The van der Waals surface area contributed by atoms with Crippen LogP contribution >= 0.6 is 0 Å². The summed E-state index contributed by atoms with van der Waals surface area (Å²) in [6.45, 7) is 3.66. The van der Waals surface area contributed by atoms with Gasteiger partial charge in [0, 0.05) is 6.42 Å². The predicted molar refractivity (Wildman–Crippen MR) is 345 cm³/mol. The number of ether oxygens (including phenoxy) is 2. The van der Waals surface area contributed by atoms with Crippen molar-refractivity contribution in [1.82, 2.24) is 5.32 Å². The molecule has 1 aliphatic heterocycles. The van der Waals surface area contributed by atoms with Gasteiger partial charge in [0.1, 0.15) is 24.4 Å². The van der Waals surface area contributed by atoms with Gasteiger partial charge in [0.15, 0.2) is 6.29 Å². The molecule has 0 aliphatic carbocycles. The van der Waals surface area contributed by atoms with Crippen LogP contribution in [0.1, 0.15) is 271 Å². The highest BCUT2D eigenvalue weighted by Crippen LogP contribution is 2.23. The van der Waals surface area contributed by atoms with Crippen LogP contribution in [0.3, 0.4) is 0 Å². The van der Waals surface area contributed by atoms with E-state index < -0.39 is 49.5 Å². The summed E-state index contributed by atoms with van der Waals surface area (Å²) in [6, 6.07) is -0.838. The lowest BCUT2D eigenvalue weighted by Gasteiger charge is -2.40. The molecule has 1 heterocycles. The van der Waals surface area contributed by atoms with Crippen molar-refractivity contribution in [2.24, 2.45) is 0 Å². The monoisotopic (exact) mass is 1130 g/mol. The molecule has 464 valence electrons. The molecule has 0 spiro atoms. The molecular formula is C72H123NO8. The molecule has 7 unspecified atom stereocenters. The highest BCUT2D eigenvalue weighted by Gasteiger charge is 2.44. The van der Waals surface area contributed by atoms with Crippen LogP contribution in [-0.2, 0) is 14.3 Å². The summed E-state index contributed by atoms with van der Waals surface area (Å²) in [7, 11) is 0. The molecule has 0 aromatic heterocycles. The van der Waals surface area contributed by atoms with E-state index in [-0.39, 0.29) is 12.5 Å². The van der Waals surface area contributed by atoms with Crippen molar-refractivity contribution in [2.45, 2.75) is 314 Å². The molecule has 9 nitrogen and oxygen atoms in total. The van der Waals surface area contributed by atoms with E-state index in [1.165, 1.54) is 161 Å². The number of carbonyl (C=O) groups is 1. The second kappa shape index (κ2) is 59.7. The fourth-order valence-corrected chi connectivity index (χ4v) is 9.82. The number of hydrogen-bond donors (Lipinski definition) is 6. The zero-order valence-corrected chi connectivity index (χ0v) is 51.7. The highest BCUT2D eigenvalue weighted by atomic mass is 16.7. The SMILES string of the molecule is CC/C=C\C/C=C\C/C=C\C/C=C\C/C=C\C/C=C\C/C=C\CCCCCCCCCCCCCCCC(=O)NC(COC1OC(CO)C(O)C(O)C1O)C(O)/C=C/CC/C=C/CC/C=C/CCCCCCCCCCCCCCC. The summed E-state index contributed by atoms with van der Waals surface area (Å²) in [5, 5.41) is 54.7. The zero-order valence-electron chi connectivity index (χ0n) is 51.7. The molecule has 1 fully saturated rings. The molecule has 7 atom stereocenters. The first-order chi connectivity index (χ1) is 39.8. The van der Waals surface area contributed by atoms with Gasteiger partial charge >= 0.3 is 0 Å². The number of carbonyl (C=O) groups excluding carboxylic acids is 1. The number of aliphatic hydroxyl groups excluding tert-OH is 5. The van der Waals surface area contributed by atoms with Crippen LogP contribution in [0.5, 0.6) is 0 Å². The van der Waals surface area contributed by atoms with Crippen molar-refractivity contribution in [3.05, 3.63) is 122 Å². The third-order valence-electron chi connectivity index (χ3n) is 15.0. The van der Waals surface area contributed by atoms with Crippen molar-refractivity contribution in [1.29, 1.82) is 0 Å². The van der Waals surface area contributed by atoms with Crippen molar-refractivity contribution in [2.75, 3.05) is 13.2 Å². The van der Waals surface area contributed by atoms with Gasteiger partial charge in [-0.25, -0.2) is 0 Å². The van der Waals surface area contributed by atoms with E-state index in [0.29, 0.717) is 6.42 Å². The lowest BCUT2D eigenvalue weighted by atomic mass is 9.99. The molecular weight excluding hydrogens is 1010 g/mol. The normalized spacial score (nSPS) is 19.2. The third-order valence-corrected chi connectivity index (χ3v) is 15.0. The molecule has 6 N–H and O–H groups in total. The summed E-state index contributed by atoms with van der Waals surface area (Å²) < 4.78 is 11.3. The summed E-state index contributed by atoms with van der Waals surface area (Å²) in [4.78, 5) is 13.1. The van der Waals surface area contributed by atoms with E-state index in [0.717, 1.165) is 89.9 Å². The number of allylic oxidation sites excluding steroid dienone is 19. The molecule has 1 amide bonds. The second-order valence-electron chi connectivity index (χ2n) is 22.5. The molecule has 0 bridgehead atoms. The van der Waals surface area contributed by atoms with Crippen molar-refractivity contribution in [3.63, 3.8) is 0 Å². The van der Waals surface area contributed by atoms with Crippen LogP contribution in [0.4, 0.5) is 0 Å². The molecule has 0 saturated carbocycles. The minimum absolute atomic E-state index is 0.195. The van der Waals surface area contributed by atoms with E-state index >= 15 is 0 Å². The van der Waals surface area contributed by atoms with Crippen LogP contribution < -0.4 is 5.32 Å². The Bertz CT molecular complexity index is 1690. The maximum Gasteiger partial charge on any atom is 0.220 e. The van der Waals surface area contributed by atoms with Crippen LogP contribution in [0, 0.1) is 0 Å². The first kappa shape index (κ1) is 75.6. The van der Waals surface area contributed by atoms with Gasteiger partial charge in [0.05, 0.1) is 25.4 Å². The summed E-state index contributed by atoms with van der Waals surface area (Å²) in [6.07, 6.45) is 82.8. The molecule has 0 aromatic rings. The van der Waals surface area contributed by atoms with E-state index in [1.54, 1.807) is 6.08 Å². The number of aliphatic hydroxyl groups is 5. The maximum absolute atomic E-state index is 13.1. The number of rotatable bonds is 56. The lowest BCUT2D eigenvalue weighted by Crippen LogP contribution is -2.60. The van der Waals surface area contributed by atoms with Gasteiger partial charge in [-0.05, 0) is 103 Å². The van der Waals surface area contributed by atoms with Crippen LogP contribution in [0.15, 0.2) is 122 Å². The first-order valence-electron chi connectivity index (χ1n) is 33.3. The van der Waals surface area contributed by atoms with Crippen LogP contribution in [0.2, 0.25) is 0 Å². The smallest absolute Gasteiger partial charge is 0.220 e. The van der Waals surface area contributed by atoms with Crippen molar-refractivity contribution < 1.29 is 39.8 Å². The van der Waals surface area contributed by atoms with Gasteiger partial charge in [-0.15, -0.1) is 0 Å². The van der Waals surface area contributed by atoms with Crippen LogP contribution in [0.25, 0.3) is 0 Å². The minimum Gasteiger partial charge on any atom is -0.394 e. The van der Waals surface area contributed by atoms with Crippen LogP contribution in [-0.4, -0.2) is 87.5 Å². The third kappa shape index (κ3) is 48.6. The Kier molecular flexibility index (Phi) is 55.8. The Hall–Kier alpha value is -3.41. The topological polar surface area (TPSA) is 149 Å². The molecule has 9 heteroatoms. The lowest BCUT2D eigenvalue weighted by molar-refractivity contribution is -0.302. The highest BCUT2D eigenvalue weighted by molar-refractivity contribution is 5.76. The van der Waals surface area contributed by atoms with Crippen molar-refractivity contribution in [3.8, 4) is 0 Å². The maximum atomic E-state index is 13.1. The average Bonchev–Trinajstić information content (AvgIpc) is 3.48. The Balaban J connectivity index is 2.19. The number of hydrogen-bond acceptors (Lipinski definition) is 8. The van der Waals surface area contributed by atoms with Gasteiger partial charge in [0.25, 0.3) is 0 Å².